The fraction of sp³-hybridized carbons (Fsp3) is 0.421. The van der Waals surface area contributed by atoms with Crippen LogP contribution in [0.25, 0.3) is 0 Å². The molecule has 4 heteroatoms. The monoisotopic (exact) mass is 311 g/mol. The number of nitrogens with zero attached hydrogens (tertiary/aromatic N) is 1. The lowest BCUT2D eigenvalue weighted by molar-refractivity contribution is 0.0389. The lowest BCUT2D eigenvalue weighted by atomic mass is 9.88. The molecule has 0 bridgehead atoms. The molecule has 0 spiro atoms. The van der Waals surface area contributed by atoms with E-state index in [2.05, 4.69) is 52.9 Å². The van der Waals surface area contributed by atoms with Crippen molar-refractivity contribution in [3.63, 3.8) is 0 Å². The Morgan fingerprint density at radius 1 is 1.09 bits per heavy atom. The topological polar surface area (TPSA) is 46.2 Å². The number of hydrogen-bond donors (Lipinski definition) is 2. The molecule has 1 saturated heterocycles. The van der Waals surface area contributed by atoms with E-state index in [-0.39, 0.29) is 5.54 Å². The molecule has 0 aliphatic carbocycles. The van der Waals surface area contributed by atoms with Crippen molar-refractivity contribution < 1.29 is 4.74 Å². The Morgan fingerprint density at radius 3 is 2.52 bits per heavy atom. The summed E-state index contributed by atoms with van der Waals surface area (Å²) < 4.78 is 5.58. The molecule has 4 nitrogen and oxygen atoms in total. The van der Waals surface area contributed by atoms with E-state index in [4.69, 9.17) is 4.74 Å². The Morgan fingerprint density at radius 2 is 1.83 bits per heavy atom. The summed E-state index contributed by atoms with van der Waals surface area (Å²) in [5, 5.41) is 7.33. The number of pyridine rings is 1. The molecule has 122 valence electrons. The van der Waals surface area contributed by atoms with Gasteiger partial charge in [-0.25, -0.2) is 4.98 Å². The van der Waals surface area contributed by atoms with Crippen LogP contribution in [0, 0.1) is 0 Å². The largest absolute Gasteiger partial charge is 0.381 e. The molecule has 2 N–H and O–H groups in total. The van der Waals surface area contributed by atoms with E-state index < -0.39 is 0 Å². The Hall–Kier alpha value is -1.91. The smallest absolute Gasteiger partial charge is 0.125 e. The number of rotatable bonds is 6. The molecule has 0 amide bonds. The summed E-state index contributed by atoms with van der Waals surface area (Å²) in [5.74, 6) is 0.924. The summed E-state index contributed by atoms with van der Waals surface area (Å²) in [6.45, 7) is 4.69. The van der Waals surface area contributed by atoms with E-state index in [9.17, 15) is 0 Å². The maximum absolute atomic E-state index is 5.58. The number of aromatic nitrogens is 1. The van der Waals surface area contributed by atoms with Crippen LogP contribution in [-0.2, 0) is 4.74 Å². The second-order valence-corrected chi connectivity index (χ2v) is 6.24. The van der Waals surface area contributed by atoms with E-state index >= 15 is 0 Å². The number of anilines is 1. The van der Waals surface area contributed by atoms with E-state index in [1.54, 1.807) is 0 Å². The van der Waals surface area contributed by atoms with Gasteiger partial charge in [-0.3, -0.25) is 0 Å². The van der Waals surface area contributed by atoms with Crippen LogP contribution in [0.15, 0.2) is 54.7 Å². The first-order chi connectivity index (χ1) is 11.3. The molecule has 0 radical (unpaired) electrons. The van der Waals surface area contributed by atoms with Gasteiger partial charge >= 0.3 is 0 Å². The van der Waals surface area contributed by atoms with Crippen LogP contribution in [0.2, 0.25) is 0 Å². The van der Waals surface area contributed by atoms with E-state index in [0.29, 0.717) is 6.04 Å². The van der Waals surface area contributed by atoms with Gasteiger partial charge in [0.25, 0.3) is 0 Å². The molecule has 3 rings (SSSR count). The van der Waals surface area contributed by atoms with Crippen LogP contribution in [0.3, 0.4) is 0 Å². The maximum atomic E-state index is 5.58. The van der Waals surface area contributed by atoms with Crippen molar-refractivity contribution in [3.8, 4) is 0 Å². The zero-order chi connectivity index (χ0) is 16.0. The van der Waals surface area contributed by atoms with Crippen LogP contribution >= 0.6 is 0 Å². The Kier molecular flexibility index (Phi) is 5.26. The number of ether oxygens (including phenoxy) is 1. The third kappa shape index (κ3) is 4.30. The number of nitrogens with one attached hydrogen (secondary N) is 2. The predicted octanol–water partition coefficient (Wildman–Crippen LogP) is 3.39. The van der Waals surface area contributed by atoms with Crippen LogP contribution in [0.1, 0.15) is 31.4 Å². The molecule has 1 aromatic heterocycles. The van der Waals surface area contributed by atoms with E-state index in [1.807, 2.05) is 24.4 Å². The fourth-order valence-electron chi connectivity index (χ4n) is 3.15. The normalized spacial score (nSPS) is 18.3. The van der Waals surface area contributed by atoms with Crippen LogP contribution in [0.5, 0.6) is 0 Å². The Labute approximate surface area is 138 Å². The highest BCUT2D eigenvalue weighted by Crippen LogP contribution is 2.25. The highest BCUT2D eigenvalue weighted by atomic mass is 16.5. The minimum absolute atomic E-state index is 0.0328. The van der Waals surface area contributed by atoms with Crippen LogP contribution < -0.4 is 10.6 Å². The molecule has 1 atom stereocenters. The predicted molar refractivity (Wildman–Crippen MR) is 93.5 cm³/mol. The van der Waals surface area contributed by atoms with Gasteiger partial charge in [0.15, 0.2) is 0 Å². The molecule has 1 aliphatic heterocycles. The second kappa shape index (κ2) is 7.57. The number of benzene rings is 1. The molecule has 1 aliphatic rings. The van der Waals surface area contributed by atoms with Gasteiger partial charge in [0.05, 0.1) is 0 Å². The van der Waals surface area contributed by atoms with Crippen LogP contribution in [-0.4, -0.2) is 30.3 Å². The van der Waals surface area contributed by atoms with Gasteiger partial charge in [-0.05, 0) is 37.5 Å². The van der Waals surface area contributed by atoms with Crippen LogP contribution in [0.4, 0.5) is 5.82 Å². The van der Waals surface area contributed by atoms with Crippen molar-refractivity contribution in [2.24, 2.45) is 0 Å². The summed E-state index contributed by atoms with van der Waals surface area (Å²) in [6.07, 6.45) is 3.83. The zero-order valence-corrected chi connectivity index (χ0v) is 13.7. The Balaban J connectivity index is 1.69. The summed E-state index contributed by atoms with van der Waals surface area (Å²) in [4.78, 5) is 4.36. The van der Waals surface area contributed by atoms with Gasteiger partial charge < -0.3 is 15.4 Å². The van der Waals surface area contributed by atoms with Gasteiger partial charge in [0.2, 0.25) is 0 Å². The molecular formula is C19H25N3O. The SMILES string of the molecule is CC(NC1(CNc2ccccn2)CCOCC1)c1ccccc1. The van der Waals surface area contributed by atoms with Gasteiger partial charge in [-0.2, -0.15) is 0 Å². The molecule has 0 saturated carbocycles. The number of hydrogen-bond acceptors (Lipinski definition) is 4. The third-order valence-corrected chi connectivity index (χ3v) is 4.54. The molecule has 2 aromatic rings. The molecular weight excluding hydrogens is 286 g/mol. The molecule has 2 heterocycles. The van der Waals surface area contributed by atoms with Crippen molar-refractivity contribution >= 4 is 5.82 Å². The lowest BCUT2D eigenvalue weighted by Crippen LogP contribution is -2.54. The lowest BCUT2D eigenvalue weighted by Gasteiger charge is -2.40. The molecule has 1 aromatic carbocycles. The van der Waals surface area contributed by atoms with Crippen molar-refractivity contribution in [2.45, 2.75) is 31.3 Å². The minimum atomic E-state index is 0.0328. The van der Waals surface area contributed by atoms with E-state index in [1.165, 1.54) is 5.56 Å². The van der Waals surface area contributed by atoms with Gasteiger partial charge in [-0.15, -0.1) is 0 Å². The first kappa shape index (κ1) is 16.0. The van der Waals surface area contributed by atoms with Gasteiger partial charge in [0.1, 0.15) is 5.82 Å². The molecule has 1 fully saturated rings. The van der Waals surface area contributed by atoms with Crippen molar-refractivity contribution in [2.75, 3.05) is 25.1 Å². The summed E-state index contributed by atoms with van der Waals surface area (Å²) in [5.41, 5.74) is 1.35. The highest BCUT2D eigenvalue weighted by molar-refractivity contribution is 5.34. The Bertz CT molecular complexity index is 582. The quantitative estimate of drug-likeness (QED) is 0.858. The van der Waals surface area contributed by atoms with Crippen molar-refractivity contribution in [1.29, 1.82) is 0 Å². The van der Waals surface area contributed by atoms with Crippen molar-refractivity contribution in [3.05, 3.63) is 60.3 Å². The highest BCUT2D eigenvalue weighted by Gasteiger charge is 2.33. The summed E-state index contributed by atoms with van der Waals surface area (Å²) in [6, 6.07) is 16.9. The van der Waals surface area contributed by atoms with E-state index in [0.717, 1.165) is 38.4 Å². The average molecular weight is 311 g/mol. The minimum Gasteiger partial charge on any atom is -0.381 e. The standard InChI is InChI=1S/C19H25N3O/c1-16(17-7-3-2-4-8-17)22-19(10-13-23-14-11-19)15-21-18-9-5-6-12-20-18/h2-9,12,16,22H,10-11,13-15H2,1H3,(H,20,21). The van der Waals surface area contributed by atoms with Gasteiger partial charge in [-0.1, -0.05) is 36.4 Å². The second-order valence-electron chi connectivity index (χ2n) is 6.24. The fourth-order valence-corrected chi connectivity index (χ4v) is 3.15. The average Bonchev–Trinajstić information content (AvgIpc) is 2.62. The van der Waals surface area contributed by atoms with Gasteiger partial charge in [0, 0.05) is 37.5 Å². The molecule has 23 heavy (non-hydrogen) atoms. The maximum Gasteiger partial charge on any atom is 0.125 e. The third-order valence-electron chi connectivity index (χ3n) is 4.54. The summed E-state index contributed by atoms with van der Waals surface area (Å²) in [7, 11) is 0. The summed E-state index contributed by atoms with van der Waals surface area (Å²) >= 11 is 0. The first-order valence-corrected chi connectivity index (χ1v) is 8.33. The van der Waals surface area contributed by atoms with Crippen molar-refractivity contribution in [1.82, 2.24) is 10.3 Å². The zero-order valence-electron chi connectivity index (χ0n) is 13.7. The first-order valence-electron chi connectivity index (χ1n) is 8.33. The molecule has 1 unspecified atom stereocenters.